The lowest BCUT2D eigenvalue weighted by Crippen LogP contribution is -2.24. The number of aliphatic hydroxyl groups excluding tert-OH is 1. The minimum absolute atomic E-state index is 0.0543. The SMILES string of the molecule is CCCCCCCCCCCCCCCCCCCCCC(=O)OCC(O)CC(C)(C)C. The first-order valence-corrected chi connectivity index (χ1v) is 14.2. The first-order valence-electron chi connectivity index (χ1n) is 14.2. The summed E-state index contributed by atoms with van der Waals surface area (Å²) in [6, 6.07) is 0. The van der Waals surface area contributed by atoms with Crippen LogP contribution in [0.2, 0.25) is 0 Å². The number of carbonyl (C=O) groups excluding carboxylic acids is 1. The van der Waals surface area contributed by atoms with E-state index in [0.29, 0.717) is 12.8 Å². The molecule has 0 saturated heterocycles. The van der Waals surface area contributed by atoms with Crippen LogP contribution in [0.1, 0.15) is 163 Å². The highest BCUT2D eigenvalue weighted by Gasteiger charge is 2.17. The zero-order valence-corrected chi connectivity index (χ0v) is 22.4. The monoisotopic (exact) mass is 454 g/mol. The molecule has 32 heavy (non-hydrogen) atoms. The van der Waals surface area contributed by atoms with Crippen molar-refractivity contribution in [3.63, 3.8) is 0 Å². The topological polar surface area (TPSA) is 46.5 Å². The van der Waals surface area contributed by atoms with Gasteiger partial charge in [-0.25, -0.2) is 0 Å². The molecule has 192 valence electrons. The molecule has 0 aliphatic rings. The highest BCUT2D eigenvalue weighted by Crippen LogP contribution is 2.21. The third kappa shape index (κ3) is 25.7. The average Bonchev–Trinajstić information content (AvgIpc) is 2.72. The Labute approximate surface area is 201 Å². The predicted molar refractivity (Wildman–Crippen MR) is 139 cm³/mol. The summed E-state index contributed by atoms with van der Waals surface area (Å²) in [5, 5.41) is 9.89. The third-order valence-electron chi connectivity index (χ3n) is 6.27. The van der Waals surface area contributed by atoms with Gasteiger partial charge in [0.25, 0.3) is 0 Å². The number of ether oxygens (including phenoxy) is 1. The van der Waals surface area contributed by atoms with Gasteiger partial charge in [-0.3, -0.25) is 4.79 Å². The molecule has 0 aromatic carbocycles. The van der Waals surface area contributed by atoms with Gasteiger partial charge in [-0.2, -0.15) is 0 Å². The number of aliphatic hydroxyl groups is 1. The van der Waals surface area contributed by atoms with E-state index < -0.39 is 6.10 Å². The summed E-state index contributed by atoms with van der Waals surface area (Å²) in [6.07, 6.45) is 26.3. The lowest BCUT2D eigenvalue weighted by atomic mass is 9.89. The van der Waals surface area contributed by atoms with E-state index in [1.807, 2.05) is 0 Å². The first-order chi connectivity index (χ1) is 15.3. The summed E-state index contributed by atoms with van der Waals surface area (Å²) in [6.45, 7) is 8.66. The smallest absolute Gasteiger partial charge is 0.305 e. The van der Waals surface area contributed by atoms with Crippen molar-refractivity contribution in [1.82, 2.24) is 0 Å². The Kier molecular flexibility index (Phi) is 21.8. The fourth-order valence-corrected chi connectivity index (χ4v) is 4.37. The zero-order chi connectivity index (χ0) is 23.9. The third-order valence-corrected chi connectivity index (χ3v) is 6.27. The normalized spacial score (nSPS) is 12.8. The number of unbranched alkanes of at least 4 members (excludes halogenated alkanes) is 18. The molecular formula is C29H58O3. The minimum Gasteiger partial charge on any atom is -0.463 e. The van der Waals surface area contributed by atoms with Crippen molar-refractivity contribution in [3.8, 4) is 0 Å². The van der Waals surface area contributed by atoms with E-state index in [9.17, 15) is 9.90 Å². The van der Waals surface area contributed by atoms with Crippen LogP contribution >= 0.6 is 0 Å². The first kappa shape index (κ1) is 31.4. The molecule has 0 amide bonds. The van der Waals surface area contributed by atoms with Crippen LogP contribution in [0.3, 0.4) is 0 Å². The molecule has 1 atom stereocenters. The van der Waals surface area contributed by atoms with E-state index in [1.54, 1.807) is 0 Å². The van der Waals surface area contributed by atoms with Crippen LogP contribution in [0.4, 0.5) is 0 Å². The molecule has 0 heterocycles. The Hall–Kier alpha value is -0.570. The lowest BCUT2D eigenvalue weighted by Gasteiger charge is -2.22. The van der Waals surface area contributed by atoms with Gasteiger partial charge in [0.2, 0.25) is 0 Å². The molecule has 0 rings (SSSR count). The second kappa shape index (κ2) is 22.2. The molecule has 0 aromatic rings. The average molecular weight is 455 g/mol. The quantitative estimate of drug-likeness (QED) is 0.124. The zero-order valence-electron chi connectivity index (χ0n) is 22.4. The molecule has 0 spiro atoms. The van der Waals surface area contributed by atoms with Crippen LogP contribution in [-0.4, -0.2) is 23.8 Å². The Bertz CT molecular complexity index is 400. The second-order valence-corrected chi connectivity index (χ2v) is 11.2. The van der Waals surface area contributed by atoms with E-state index in [1.165, 1.54) is 109 Å². The van der Waals surface area contributed by atoms with Crippen molar-refractivity contribution in [2.45, 2.75) is 169 Å². The Morgan fingerprint density at radius 2 is 1.00 bits per heavy atom. The van der Waals surface area contributed by atoms with Crippen molar-refractivity contribution in [1.29, 1.82) is 0 Å². The molecule has 0 aromatic heterocycles. The summed E-state index contributed by atoms with van der Waals surface area (Å²) in [4.78, 5) is 11.8. The summed E-state index contributed by atoms with van der Waals surface area (Å²) in [5.74, 6) is -0.162. The Balaban J connectivity index is 3.22. The van der Waals surface area contributed by atoms with Gasteiger partial charge in [-0.05, 0) is 18.3 Å². The summed E-state index contributed by atoms with van der Waals surface area (Å²) >= 11 is 0. The molecule has 1 unspecified atom stereocenters. The van der Waals surface area contributed by atoms with E-state index in [4.69, 9.17) is 4.74 Å². The Morgan fingerprint density at radius 1 is 0.656 bits per heavy atom. The summed E-state index contributed by atoms with van der Waals surface area (Å²) < 4.78 is 5.20. The van der Waals surface area contributed by atoms with Crippen LogP contribution < -0.4 is 0 Å². The maximum Gasteiger partial charge on any atom is 0.305 e. The maximum atomic E-state index is 11.8. The fourth-order valence-electron chi connectivity index (χ4n) is 4.37. The van der Waals surface area contributed by atoms with Gasteiger partial charge in [0.1, 0.15) is 6.61 Å². The van der Waals surface area contributed by atoms with E-state index in [-0.39, 0.29) is 18.0 Å². The van der Waals surface area contributed by atoms with Gasteiger partial charge in [0.05, 0.1) is 6.10 Å². The van der Waals surface area contributed by atoms with E-state index in [2.05, 4.69) is 27.7 Å². The van der Waals surface area contributed by atoms with Crippen molar-refractivity contribution in [3.05, 3.63) is 0 Å². The van der Waals surface area contributed by atoms with Gasteiger partial charge >= 0.3 is 5.97 Å². The molecule has 0 saturated carbocycles. The van der Waals surface area contributed by atoms with Crippen molar-refractivity contribution < 1.29 is 14.6 Å². The largest absolute Gasteiger partial charge is 0.463 e. The number of hydrogen-bond acceptors (Lipinski definition) is 3. The fraction of sp³-hybridized carbons (Fsp3) is 0.966. The van der Waals surface area contributed by atoms with Crippen LogP contribution in [0.15, 0.2) is 0 Å². The molecule has 3 heteroatoms. The number of esters is 1. The molecular weight excluding hydrogens is 396 g/mol. The minimum atomic E-state index is -0.552. The highest BCUT2D eigenvalue weighted by molar-refractivity contribution is 5.69. The van der Waals surface area contributed by atoms with Crippen LogP contribution in [0.25, 0.3) is 0 Å². The maximum absolute atomic E-state index is 11.8. The van der Waals surface area contributed by atoms with Gasteiger partial charge in [0, 0.05) is 6.42 Å². The molecule has 3 nitrogen and oxygen atoms in total. The molecule has 0 bridgehead atoms. The Morgan fingerprint density at radius 3 is 1.34 bits per heavy atom. The van der Waals surface area contributed by atoms with Crippen molar-refractivity contribution >= 4 is 5.97 Å². The molecule has 0 fully saturated rings. The number of hydrogen-bond donors (Lipinski definition) is 1. The van der Waals surface area contributed by atoms with Gasteiger partial charge in [0.15, 0.2) is 0 Å². The lowest BCUT2D eigenvalue weighted by molar-refractivity contribution is -0.147. The van der Waals surface area contributed by atoms with Gasteiger partial charge in [-0.1, -0.05) is 143 Å². The van der Waals surface area contributed by atoms with Crippen LogP contribution in [-0.2, 0) is 9.53 Å². The molecule has 0 aliphatic carbocycles. The molecule has 0 aliphatic heterocycles. The standard InChI is InChI=1S/C29H58O3/c1-5-6-7-8-9-10-11-12-13-14-15-16-17-18-19-20-21-22-23-24-28(31)32-26-27(30)25-29(2,3)4/h27,30H,5-26H2,1-4H3. The highest BCUT2D eigenvalue weighted by atomic mass is 16.5. The van der Waals surface area contributed by atoms with Crippen LogP contribution in [0, 0.1) is 5.41 Å². The van der Waals surface area contributed by atoms with Crippen molar-refractivity contribution in [2.75, 3.05) is 6.61 Å². The predicted octanol–water partition coefficient (Wildman–Crippen LogP) is 9.15. The second-order valence-electron chi connectivity index (χ2n) is 11.2. The van der Waals surface area contributed by atoms with Gasteiger partial charge in [-0.15, -0.1) is 0 Å². The van der Waals surface area contributed by atoms with Crippen LogP contribution in [0.5, 0.6) is 0 Å². The van der Waals surface area contributed by atoms with E-state index in [0.717, 1.165) is 12.8 Å². The van der Waals surface area contributed by atoms with Gasteiger partial charge < -0.3 is 9.84 Å². The van der Waals surface area contributed by atoms with E-state index >= 15 is 0 Å². The summed E-state index contributed by atoms with van der Waals surface area (Å²) in [5.41, 5.74) is 0.0543. The summed E-state index contributed by atoms with van der Waals surface area (Å²) in [7, 11) is 0. The molecule has 1 N–H and O–H groups in total. The number of rotatable bonds is 23. The van der Waals surface area contributed by atoms with Crippen molar-refractivity contribution in [2.24, 2.45) is 5.41 Å². The molecule has 0 radical (unpaired) electrons. The number of carbonyl (C=O) groups is 1.